The first-order valence-corrected chi connectivity index (χ1v) is 7.64. The Morgan fingerprint density at radius 1 is 0.947 bits per heavy atom. The Labute approximate surface area is 120 Å². The van der Waals surface area contributed by atoms with Crippen LogP contribution < -0.4 is 5.73 Å². The molecule has 0 bridgehead atoms. The second-order valence-electron chi connectivity index (χ2n) is 4.97. The minimum Gasteiger partial charge on any atom is -0.327 e. The van der Waals surface area contributed by atoms with Crippen molar-refractivity contribution < 1.29 is 0 Å². The summed E-state index contributed by atoms with van der Waals surface area (Å²) in [6, 6.07) is 17.2. The molecule has 0 aliphatic rings. The standard InChI is InChI=1S/C17H21NS/c1-13-7-3-5-9-15(13)11-16(18)12-19-17-10-6-4-8-14(17)2/h3-10,16H,11-12,18H2,1-2H3. The number of hydrogen-bond donors (Lipinski definition) is 1. The molecule has 2 N–H and O–H groups in total. The summed E-state index contributed by atoms with van der Waals surface area (Å²) < 4.78 is 0. The molecule has 0 saturated carbocycles. The van der Waals surface area contributed by atoms with Crippen molar-refractivity contribution in [3.05, 3.63) is 65.2 Å². The number of hydrogen-bond acceptors (Lipinski definition) is 2. The topological polar surface area (TPSA) is 26.0 Å². The van der Waals surface area contributed by atoms with Crippen LogP contribution in [0.25, 0.3) is 0 Å². The third-order valence-electron chi connectivity index (χ3n) is 3.29. The molecule has 0 radical (unpaired) electrons. The SMILES string of the molecule is Cc1ccccc1CC(N)CSc1ccccc1C. The summed E-state index contributed by atoms with van der Waals surface area (Å²) >= 11 is 1.86. The average Bonchev–Trinajstić information content (AvgIpc) is 2.40. The van der Waals surface area contributed by atoms with E-state index in [1.54, 1.807) is 0 Å². The van der Waals surface area contributed by atoms with Gasteiger partial charge in [-0.15, -0.1) is 11.8 Å². The predicted octanol–water partition coefficient (Wildman–Crippen LogP) is 3.97. The van der Waals surface area contributed by atoms with Gasteiger partial charge in [-0.25, -0.2) is 0 Å². The minimum absolute atomic E-state index is 0.200. The van der Waals surface area contributed by atoms with E-state index in [0.29, 0.717) is 0 Å². The highest BCUT2D eigenvalue weighted by atomic mass is 32.2. The summed E-state index contributed by atoms with van der Waals surface area (Å²) in [4.78, 5) is 1.34. The zero-order valence-electron chi connectivity index (χ0n) is 11.6. The van der Waals surface area contributed by atoms with Gasteiger partial charge in [0.2, 0.25) is 0 Å². The van der Waals surface area contributed by atoms with Crippen LogP contribution in [0.1, 0.15) is 16.7 Å². The van der Waals surface area contributed by atoms with Crippen molar-refractivity contribution in [3.63, 3.8) is 0 Å². The molecule has 0 saturated heterocycles. The Bertz CT molecular complexity index is 536. The molecule has 0 aliphatic carbocycles. The summed E-state index contributed by atoms with van der Waals surface area (Å²) in [5, 5.41) is 0. The van der Waals surface area contributed by atoms with E-state index in [9.17, 15) is 0 Å². The molecule has 1 unspecified atom stereocenters. The van der Waals surface area contributed by atoms with Gasteiger partial charge in [0.15, 0.2) is 0 Å². The molecule has 1 atom stereocenters. The fraction of sp³-hybridized carbons (Fsp3) is 0.294. The van der Waals surface area contributed by atoms with Crippen LogP contribution in [0.15, 0.2) is 53.4 Å². The first-order valence-electron chi connectivity index (χ1n) is 6.65. The fourth-order valence-electron chi connectivity index (χ4n) is 2.10. The molecular weight excluding hydrogens is 250 g/mol. The quantitative estimate of drug-likeness (QED) is 0.833. The lowest BCUT2D eigenvalue weighted by Gasteiger charge is -2.14. The van der Waals surface area contributed by atoms with Gasteiger partial charge in [-0.1, -0.05) is 42.5 Å². The molecule has 0 spiro atoms. The highest BCUT2D eigenvalue weighted by molar-refractivity contribution is 7.99. The molecular formula is C17H21NS. The van der Waals surface area contributed by atoms with Gasteiger partial charge in [0.05, 0.1) is 0 Å². The van der Waals surface area contributed by atoms with Crippen molar-refractivity contribution in [1.82, 2.24) is 0 Å². The normalized spacial score (nSPS) is 12.4. The minimum atomic E-state index is 0.200. The lowest BCUT2D eigenvalue weighted by atomic mass is 10.0. The molecule has 2 aromatic carbocycles. The van der Waals surface area contributed by atoms with Crippen LogP contribution in [0.2, 0.25) is 0 Å². The van der Waals surface area contributed by atoms with Crippen molar-refractivity contribution in [1.29, 1.82) is 0 Å². The predicted molar refractivity (Wildman–Crippen MR) is 84.8 cm³/mol. The monoisotopic (exact) mass is 271 g/mol. The highest BCUT2D eigenvalue weighted by Crippen LogP contribution is 2.23. The van der Waals surface area contributed by atoms with Crippen LogP contribution in [0, 0.1) is 13.8 Å². The van der Waals surface area contributed by atoms with Gasteiger partial charge >= 0.3 is 0 Å². The zero-order valence-corrected chi connectivity index (χ0v) is 12.4. The van der Waals surface area contributed by atoms with Gasteiger partial charge in [0.25, 0.3) is 0 Å². The van der Waals surface area contributed by atoms with Crippen LogP contribution in [0.4, 0.5) is 0 Å². The van der Waals surface area contributed by atoms with E-state index >= 15 is 0 Å². The maximum Gasteiger partial charge on any atom is 0.0174 e. The van der Waals surface area contributed by atoms with Crippen molar-refractivity contribution in [2.45, 2.75) is 31.2 Å². The molecule has 100 valence electrons. The maximum absolute atomic E-state index is 6.25. The van der Waals surface area contributed by atoms with E-state index in [2.05, 4.69) is 62.4 Å². The van der Waals surface area contributed by atoms with Gasteiger partial charge < -0.3 is 5.73 Å². The fourth-order valence-corrected chi connectivity index (χ4v) is 3.08. The summed E-state index contributed by atoms with van der Waals surface area (Å²) in [5.74, 6) is 0.958. The summed E-state index contributed by atoms with van der Waals surface area (Å²) in [7, 11) is 0. The van der Waals surface area contributed by atoms with Crippen molar-refractivity contribution in [2.24, 2.45) is 5.73 Å². The van der Waals surface area contributed by atoms with Crippen LogP contribution in [0.5, 0.6) is 0 Å². The first kappa shape index (κ1) is 14.2. The van der Waals surface area contributed by atoms with Crippen LogP contribution in [-0.2, 0) is 6.42 Å². The van der Waals surface area contributed by atoms with E-state index in [-0.39, 0.29) is 6.04 Å². The molecule has 19 heavy (non-hydrogen) atoms. The molecule has 2 aromatic rings. The number of benzene rings is 2. The second-order valence-corrected chi connectivity index (χ2v) is 6.03. The van der Waals surface area contributed by atoms with E-state index in [4.69, 9.17) is 5.73 Å². The third kappa shape index (κ3) is 4.12. The summed E-state index contributed by atoms with van der Waals surface area (Å²) in [6.45, 7) is 4.30. The maximum atomic E-state index is 6.25. The molecule has 0 aliphatic heterocycles. The summed E-state index contributed by atoms with van der Waals surface area (Å²) in [6.07, 6.45) is 0.950. The van der Waals surface area contributed by atoms with Crippen molar-refractivity contribution >= 4 is 11.8 Å². The lowest BCUT2D eigenvalue weighted by Crippen LogP contribution is -2.25. The summed E-state index contributed by atoms with van der Waals surface area (Å²) in [5.41, 5.74) is 10.3. The van der Waals surface area contributed by atoms with Gasteiger partial charge in [0.1, 0.15) is 0 Å². The van der Waals surface area contributed by atoms with Crippen LogP contribution >= 0.6 is 11.8 Å². The lowest BCUT2D eigenvalue weighted by molar-refractivity contribution is 0.745. The van der Waals surface area contributed by atoms with Gasteiger partial charge in [-0.3, -0.25) is 0 Å². The van der Waals surface area contributed by atoms with E-state index in [1.807, 2.05) is 11.8 Å². The number of rotatable bonds is 5. The van der Waals surface area contributed by atoms with E-state index in [1.165, 1.54) is 21.6 Å². The van der Waals surface area contributed by atoms with Crippen molar-refractivity contribution in [2.75, 3.05) is 5.75 Å². The average molecular weight is 271 g/mol. The Kier molecular flexibility index (Phi) is 5.06. The molecule has 0 aromatic heterocycles. The first-order chi connectivity index (χ1) is 9.16. The smallest absolute Gasteiger partial charge is 0.0174 e. The van der Waals surface area contributed by atoms with Gasteiger partial charge in [-0.2, -0.15) is 0 Å². The zero-order chi connectivity index (χ0) is 13.7. The molecule has 0 amide bonds. The molecule has 2 rings (SSSR count). The Morgan fingerprint density at radius 3 is 2.26 bits per heavy atom. The Hall–Kier alpha value is -1.25. The van der Waals surface area contributed by atoms with E-state index in [0.717, 1.165) is 12.2 Å². The second kappa shape index (κ2) is 6.78. The highest BCUT2D eigenvalue weighted by Gasteiger charge is 2.07. The Balaban J connectivity index is 1.90. The molecule has 1 nitrogen and oxygen atoms in total. The molecule has 0 heterocycles. The molecule has 0 fully saturated rings. The molecule has 2 heteroatoms. The third-order valence-corrected chi connectivity index (χ3v) is 4.65. The van der Waals surface area contributed by atoms with Crippen molar-refractivity contribution in [3.8, 4) is 0 Å². The van der Waals surface area contributed by atoms with Crippen LogP contribution in [-0.4, -0.2) is 11.8 Å². The van der Waals surface area contributed by atoms with Crippen LogP contribution in [0.3, 0.4) is 0 Å². The largest absolute Gasteiger partial charge is 0.327 e. The van der Waals surface area contributed by atoms with Gasteiger partial charge in [0, 0.05) is 16.7 Å². The number of nitrogens with two attached hydrogens (primary N) is 1. The number of aryl methyl sites for hydroxylation is 2. The van der Waals surface area contributed by atoms with Gasteiger partial charge in [-0.05, 0) is 43.0 Å². The van der Waals surface area contributed by atoms with E-state index < -0.39 is 0 Å². The Morgan fingerprint density at radius 2 is 1.58 bits per heavy atom. The number of thioether (sulfide) groups is 1.